The molecule has 7 heteroatoms. The topological polar surface area (TPSA) is 52.1 Å². The normalized spacial score (nSPS) is 18.1. The number of thiophene rings is 1. The molecule has 29 heavy (non-hydrogen) atoms. The predicted octanol–water partition coefficient (Wildman–Crippen LogP) is 3.11. The third-order valence-corrected chi connectivity index (χ3v) is 6.75. The van der Waals surface area contributed by atoms with Crippen molar-refractivity contribution in [2.24, 2.45) is 4.99 Å². The zero-order valence-electron chi connectivity index (χ0n) is 19.0. The Morgan fingerprint density at radius 1 is 1.28 bits per heavy atom. The van der Waals surface area contributed by atoms with Crippen molar-refractivity contribution in [3.63, 3.8) is 0 Å². The molecule has 0 aliphatic carbocycles. The Labute approximate surface area is 181 Å². The lowest BCUT2D eigenvalue weighted by Crippen LogP contribution is -2.47. The summed E-state index contributed by atoms with van der Waals surface area (Å²) in [5.74, 6) is 0.895. The summed E-state index contributed by atoms with van der Waals surface area (Å²) in [4.78, 5) is 12.3. The number of aliphatic imine (C=N–C) groups is 1. The molecule has 2 atom stereocenters. The van der Waals surface area contributed by atoms with Gasteiger partial charge in [0.1, 0.15) is 0 Å². The summed E-state index contributed by atoms with van der Waals surface area (Å²) in [6.45, 7) is 16.8. The highest BCUT2D eigenvalue weighted by molar-refractivity contribution is 7.12. The van der Waals surface area contributed by atoms with Crippen LogP contribution in [0.15, 0.2) is 17.1 Å². The van der Waals surface area contributed by atoms with E-state index in [1.54, 1.807) is 0 Å². The molecule has 166 valence electrons. The standard InChI is InChI=1S/C22H41N5OS/c1-6-26(7-2)12-8-9-18(3)25-22(23-5)24-17-20(21-11-10-19(4)29-21)27-13-15-28-16-14-27/h10-11,18,20H,6-9,12-17H2,1-5H3,(H2,23,24,25). The molecule has 0 aromatic carbocycles. The fourth-order valence-electron chi connectivity index (χ4n) is 3.79. The summed E-state index contributed by atoms with van der Waals surface area (Å²) < 4.78 is 5.56. The Bertz CT molecular complexity index is 596. The van der Waals surface area contributed by atoms with Crippen LogP contribution in [0.3, 0.4) is 0 Å². The third-order valence-electron chi connectivity index (χ3n) is 5.65. The number of hydrogen-bond acceptors (Lipinski definition) is 5. The van der Waals surface area contributed by atoms with E-state index in [4.69, 9.17) is 4.74 Å². The molecular weight excluding hydrogens is 382 g/mol. The van der Waals surface area contributed by atoms with Crippen molar-refractivity contribution in [1.82, 2.24) is 20.4 Å². The average Bonchev–Trinajstić information content (AvgIpc) is 3.17. The monoisotopic (exact) mass is 423 g/mol. The lowest BCUT2D eigenvalue weighted by molar-refractivity contribution is 0.0177. The molecule has 1 fully saturated rings. The smallest absolute Gasteiger partial charge is 0.191 e. The van der Waals surface area contributed by atoms with E-state index in [9.17, 15) is 0 Å². The second kappa shape index (κ2) is 13.2. The van der Waals surface area contributed by atoms with Crippen LogP contribution in [0.25, 0.3) is 0 Å². The molecular formula is C22H41N5OS. The average molecular weight is 424 g/mol. The van der Waals surface area contributed by atoms with Gasteiger partial charge in [-0.05, 0) is 58.5 Å². The van der Waals surface area contributed by atoms with Crippen LogP contribution < -0.4 is 10.6 Å². The van der Waals surface area contributed by atoms with Gasteiger partial charge in [-0.25, -0.2) is 0 Å². The molecule has 6 nitrogen and oxygen atoms in total. The first-order valence-corrected chi connectivity index (χ1v) is 12.0. The molecule has 2 N–H and O–H groups in total. The van der Waals surface area contributed by atoms with Crippen LogP contribution in [0.1, 0.15) is 49.4 Å². The van der Waals surface area contributed by atoms with Crippen LogP contribution in [0.2, 0.25) is 0 Å². The molecule has 2 rings (SSSR count). The zero-order chi connectivity index (χ0) is 21.1. The SMILES string of the molecule is CCN(CC)CCCC(C)NC(=NC)NCC(c1ccc(C)s1)N1CCOCC1. The van der Waals surface area contributed by atoms with Crippen molar-refractivity contribution in [2.75, 3.05) is 59.5 Å². The third kappa shape index (κ3) is 8.24. The molecule has 2 heterocycles. The van der Waals surface area contributed by atoms with E-state index in [0.717, 1.165) is 58.3 Å². The Kier molecular flexibility index (Phi) is 11.0. The van der Waals surface area contributed by atoms with Crippen molar-refractivity contribution >= 4 is 17.3 Å². The Balaban J connectivity index is 1.85. The van der Waals surface area contributed by atoms with E-state index < -0.39 is 0 Å². The van der Waals surface area contributed by atoms with Crippen LogP contribution in [0.5, 0.6) is 0 Å². The van der Waals surface area contributed by atoms with Crippen molar-refractivity contribution in [1.29, 1.82) is 0 Å². The molecule has 1 aliphatic heterocycles. The highest BCUT2D eigenvalue weighted by Crippen LogP contribution is 2.27. The Morgan fingerprint density at radius 3 is 2.59 bits per heavy atom. The Hall–Kier alpha value is -1.15. The fourth-order valence-corrected chi connectivity index (χ4v) is 4.80. The quantitative estimate of drug-likeness (QED) is 0.423. The second-order valence-corrected chi connectivity index (χ2v) is 9.10. The first-order chi connectivity index (χ1) is 14.1. The van der Waals surface area contributed by atoms with E-state index in [1.807, 2.05) is 18.4 Å². The van der Waals surface area contributed by atoms with Crippen LogP contribution in [0.4, 0.5) is 0 Å². The first kappa shape index (κ1) is 24.1. The lowest BCUT2D eigenvalue weighted by atomic mass is 10.1. The Morgan fingerprint density at radius 2 is 2.00 bits per heavy atom. The number of nitrogens with zero attached hydrogens (tertiary/aromatic N) is 3. The number of morpholine rings is 1. The molecule has 0 bridgehead atoms. The molecule has 1 saturated heterocycles. The molecule has 0 radical (unpaired) electrons. The summed E-state index contributed by atoms with van der Waals surface area (Å²) >= 11 is 1.89. The highest BCUT2D eigenvalue weighted by Gasteiger charge is 2.24. The molecule has 1 aromatic heterocycles. The minimum Gasteiger partial charge on any atom is -0.379 e. The molecule has 1 aliphatic rings. The van der Waals surface area contributed by atoms with Gasteiger partial charge >= 0.3 is 0 Å². The number of aryl methyl sites for hydroxylation is 1. The number of rotatable bonds is 11. The van der Waals surface area contributed by atoms with Crippen molar-refractivity contribution in [3.05, 3.63) is 21.9 Å². The second-order valence-electron chi connectivity index (χ2n) is 7.78. The molecule has 1 aromatic rings. The van der Waals surface area contributed by atoms with E-state index in [-0.39, 0.29) is 0 Å². The summed E-state index contributed by atoms with van der Waals surface area (Å²) in [6, 6.07) is 5.25. The fraction of sp³-hybridized carbons (Fsp3) is 0.773. The van der Waals surface area contributed by atoms with Gasteiger partial charge < -0.3 is 20.3 Å². The maximum atomic E-state index is 5.56. The van der Waals surface area contributed by atoms with Gasteiger partial charge in [-0.15, -0.1) is 11.3 Å². The summed E-state index contributed by atoms with van der Waals surface area (Å²) in [7, 11) is 1.86. The maximum Gasteiger partial charge on any atom is 0.191 e. The van der Waals surface area contributed by atoms with Gasteiger partial charge in [-0.2, -0.15) is 0 Å². The van der Waals surface area contributed by atoms with Gasteiger partial charge in [0.2, 0.25) is 0 Å². The van der Waals surface area contributed by atoms with Crippen LogP contribution >= 0.6 is 11.3 Å². The van der Waals surface area contributed by atoms with Gasteiger partial charge in [-0.3, -0.25) is 9.89 Å². The maximum absolute atomic E-state index is 5.56. The lowest BCUT2D eigenvalue weighted by Gasteiger charge is -2.34. The van der Waals surface area contributed by atoms with Gasteiger partial charge in [0, 0.05) is 42.5 Å². The van der Waals surface area contributed by atoms with Crippen LogP contribution in [-0.2, 0) is 4.74 Å². The first-order valence-electron chi connectivity index (χ1n) is 11.1. The van der Waals surface area contributed by atoms with Crippen molar-refractivity contribution in [3.8, 4) is 0 Å². The highest BCUT2D eigenvalue weighted by atomic mass is 32.1. The van der Waals surface area contributed by atoms with E-state index in [0.29, 0.717) is 12.1 Å². The van der Waals surface area contributed by atoms with E-state index >= 15 is 0 Å². The summed E-state index contributed by atoms with van der Waals surface area (Å²) in [5.41, 5.74) is 0. The molecule has 2 unspecified atom stereocenters. The number of ether oxygens (including phenoxy) is 1. The molecule has 0 saturated carbocycles. The number of nitrogens with one attached hydrogen (secondary N) is 2. The van der Waals surface area contributed by atoms with Crippen LogP contribution in [0, 0.1) is 6.92 Å². The number of guanidine groups is 1. The van der Waals surface area contributed by atoms with Gasteiger partial charge in [0.15, 0.2) is 5.96 Å². The number of hydrogen-bond donors (Lipinski definition) is 2. The van der Waals surface area contributed by atoms with E-state index in [1.165, 1.54) is 22.7 Å². The van der Waals surface area contributed by atoms with Gasteiger partial charge in [0.25, 0.3) is 0 Å². The van der Waals surface area contributed by atoms with Crippen molar-refractivity contribution in [2.45, 2.75) is 52.6 Å². The predicted molar refractivity (Wildman–Crippen MR) is 125 cm³/mol. The zero-order valence-corrected chi connectivity index (χ0v) is 19.9. The van der Waals surface area contributed by atoms with Gasteiger partial charge in [-0.1, -0.05) is 13.8 Å². The molecule has 0 spiro atoms. The summed E-state index contributed by atoms with van der Waals surface area (Å²) in [6.07, 6.45) is 2.35. The van der Waals surface area contributed by atoms with Crippen LogP contribution in [-0.4, -0.2) is 81.3 Å². The largest absolute Gasteiger partial charge is 0.379 e. The van der Waals surface area contributed by atoms with Crippen molar-refractivity contribution < 1.29 is 4.74 Å². The minimum atomic E-state index is 0.356. The van der Waals surface area contributed by atoms with E-state index in [2.05, 4.69) is 65.3 Å². The summed E-state index contributed by atoms with van der Waals surface area (Å²) in [5, 5.41) is 7.15. The molecule has 0 amide bonds. The van der Waals surface area contributed by atoms with Gasteiger partial charge in [0.05, 0.1) is 19.3 Å². The minimum absolute atomic E-state index is 0.356.